The number of pyridine rings is 1. The minimum Gasteiger partial charge on any atom is -0.258 e. The van der Waals surface area contributed by atoms with Crippen LogP contribution < -0.4 is 0 Å². The molecule has 1 aromatic heterocycles. The fourth-order valence-corrected chi connectivity index (χ4v) is 1.20. The minimum atomic E-state index is -3.13. The normalized spacial score (nSPS) is 10.6. The molecule has 76 valence electrons. The van der Waals surface area contributed by atoms with E-state index in [0.29, 0.717) is 6.20 Å². The van der Waals surface area contributed by atoms with Crippen LogP contribution in [0.4, 0.5) is 18.9 Å². The van der Waals surface area contributed by atoms with Crippen LogP contribution in [0.1, 0.15) is 12.0 Å². The average Bonchev–Trinajstić information content (AvgIpc) is 2.02. The second-order valence-corrected chi connectivity index (χ2v) is 2.98. The average molecular weight is 271 g/mol. The Morgan fingerprint density at radius 3 is 2.57 bits per heavy atom. The molecule has 0 saturated carbocycles. The van der Waals surface area contributed by atoms with Crippen molar-refractivity contribution in [3.8, 4) is 0 Å². The zero-order chi connectivity index (χ0) is 10.9. The van der Waals surface area contributed by atoms with Gasteiger partial charge in [-0.15, -0.1) is 0 Å². The first kappa shape index (κ1) is 10.9. The summed E-state index contributed by atoms with van der Waals surface area (Å²) in [6.07, 6.45) is -2.58. The van der Waals surface area contributed by atoms with E-state index in [1.165, 1.54) is 0 Å². The van der Waals surface area contributed by atoms with Crippen molar-refractivity contribution in [1.82, 2.24) is 4.98 Å². The van der Waals surface area contributed by atoms with Crippen molar-refractivity contribution in [3.05, 3.63) is 32.3 Å². The van der Waals surface area contributed by atoms with Crippen LogP contribution in [0.25, 0.3) is 0 Å². The zero-order valence-corrected chi connectivity index (χ0v) is 7.96. The van der Waals surface area contributed by atoms with Gasteiger partial charge in [0.15, 0.2) is 4.60 Å². The first-order valence-corrected chi connectivity index (χ1v) is 4.01. The van der Waals surface area contributed by atoms with Crippen LogP contribution in [0.3, 0.4) is 0 Å². The smallest absolute Gasteiger partial charge is 0.258 e. The Kier molecular flexibility index (Phi) is 3.04. The van der Waals surface area contributed by atoms with E-state index in [0.717, 1.165) is 0 Å². The van der Waals surface area contributed by atoms with Gasteiger partial charge >= 0.3 is 5.69 Å². The van der Waals surface area contributed by atoms with Crippen molar-refractivity contribution in [2.45, 2.75) is 6.43 Å². The zero-order valence-electron chi connectivity index (χ0n) is 6.38. The third-order valence-corrected chi connectivity index (χ3v) is 1.97. The second-order valence-electron chi connectivity index (χ2n) is 2.22. The predicted molar refractivity (Wildman–Crippen MR) is 43.5 cm³/mol. The maximum Gasteiger partial charge on any atom is 0.337 e. The van der Waals surface area contributed by atoms with Gasteiger partial charge in [0.05, 0.1) is 10.5 Å². The van der Waals surface area contributed by atoms with Gasteiger partial charge in [-0.05, 0) is 15.9 Å². The summed E-state index contributed by atoms with van der Waals surface area (Å²) in [4.78, 5) is 12.4. The molecule has 1 heterocycles. The molecule has 0 saturated heterocycles. The molecule has 0 aliphatic rings. The van der Waals surface area contributed by atoms with Crippen LogP contribution in [-0.2, 0) is 0 Å². The van der Waals surface area contributed by atoms with E-state index in [-0.39, 0.29) is 0 Å². The van der Waals surface area contributed by atoms with Crippen molar-refractivity contribution < 1.29 is 18.1 Å². The van der Waals surface area contributed by atoms with E-state index < -0.39 is 33.0 Å². The van der Waals surface area contributed by atoms with Crippen molar-refractivity contribution in [3.63, 3.8) is 0 Å². The lowest BCUT2D eigenvalue weighted by atomic mass is 10.2. The molecule has 0 aliphatic carbocycles. The van der Waals surface area contributed by atoms with Gasteiger partial charge in [0, 0.05) is 6.20 Å². The van der Waals surface area contributed by atoms with Crippen molar-refractivity contribution in [2.24, 2.45) is 0 Å². The van der Waals surface area contributed by atoms with Gasteiger partial charge in [0.2, 0.25) is 5.82 Å². The van der Waals surface area contributed by atoms with Gasteiger partial charge in [-0.2, -0.15) is 4.39 Å². The molecule has 14 heavy (non-hydrogen) atoms. The van der Waals surface area contributed by atoms with E-state index in [2.05, 4.69) is 20.9 Å². The van der Waals surface area contributed by atoms with E-state index in [9.17, 15) is 23.3 Å². The first-order chi connectivity index (χ1) is 6.45. The molecule has 1 rings (SSSR count). The van der Waals surface area contributed by atoms with E-state index in [4.69, 9.17) is 0 Å². The number of halogens is 4. The fourth-order valence-electron chi connectivity index (χ4n) is 0.779. The lowest BCUT2D eigenvalue weighted by Crippen LogP contribution is -2.01. The largest absolute Gasteiger partial charge is 0.337 e. The molecule has 0 atom stereocenters. The molecule has 0 radical (unpaired) electrons. The highest BCUT2D eigenvalue weighted by Crippen LogP contribution is 2.31. The highest BCUT2D eigenvalue weighted by molar-refractivity contribution is 9.10. The molecule has 0 fully saturated rings. The topological polar surface area (TPSA) is 56.0 Å². The predicted octanol–water partition coefficient (Wildman–Crippen LogP) is 2.83. The summed E-state index contributed by atoms with van der Waals surface area (Å²) >= 11 is 2.59. The Hall–Kier alpha value is -1.18. The van der Waals surface area contributed by atoms with Gasteiger partial charge < -0.3 is 0 Å². The fraction of sp³-hybridized carbons (Fsp3) is 0.167. The molecule has 8 heteroatoms. The van der Waals surface area contributed by atoms with Gasteiger partial charge in [0.25, 0.3) is 6.43 Å². The number of aromatic nitrogens is 1. The summed E-state index contributed by atoms with van der Waals surface area (Å²) in [6, 6.07) is 0. The molecule has 0 aromatic carbocycles. The van der Waals surface area contributed by atoms with Crippen molar-refractivity contribution in [2.75, 3.05) is 0 Å². The third-order valence-electron chi connectivity index (χ3n) is 1.39. The van der Waals surface area contributed by atoms with Crippen LogP contribution in [0.15, 0.2) is 10.8 Å². The Balaban J connectivity index is 3.41. The summed E-state index contributed by atoms with van der Waals surface area (Å²) in [5, 5.41) is 10.3. The van der Waals surface area contributed by atoms with E-state index in [1.807, 2.05) is 0 Å². The number of alkyl halides is 2. The molecule has 0 aliphatic heterocycles. The number of hydrogen-bond donors (Lipinski definition) is 0. The van der Waals surface area contributed by atoms with Crippen LogP contribution in [0.5, 0.6) is 0 Å². The Morgan fingerprint density at radius 2 is 2.14 bits per heavy atom. The van der Waals surface area contributed by atoms with Gasteiger partial charge in [-0.25, -0.2) is 13.8 Å². The van der Waals surface area contributed by atoms with Crippen LogP contribution in [-0.4, -0.2) is 9.91 Å². The standard InChI is InChI=1S/C6H2BrF3N2O2/c7-5-4(12(13)14)3(8)2(1-11-5)6(9)10/h1,6H. The molecular weight excluding hydrogens is 269 g/mol. The van der Waals surface area contributed by atoms with E-state index >= 15 is 0 Å². The summed E-state index contributed by atoms with van der Waals surface area (Å²) in [5.41, 5.74) is -2.16. The number of rotatable bonds is 2. The van der Waals surface area contributed by atoms with E-state index in [1.54, 1.807) is 0 Å². The first-order valence-electron chi connectivity index (χ1n) is 3.21. The lowest BCUT2D eigenvalue weighted by Gasteiger charge is -2.02. The summed E-state index contributed by atoms with van der Waals surface area (Å²) < 4.78 is 36.8. The molecular formula is C6H2BrF3N2O2. The maximum absolute atomic E-state index is 13.0. The Bertz CT molecular complexity index is 386. The summed E-state index contributed by atoms with van der Waals surface area (Å²) in [7, 11) is 0. The quantitative estimate of drug-likeness (QED) is 0.472. The summed E-state index contributed by atoms with van der Waals surface area (Å²) in [6.45, 7) is 0. The summed E-state index contributed by atoms with van der Waals surface area (Å²) in [5.74, 6) is -1.56. The van der Waals surface area contributed by atoms with Gasteiger partial charge in [0.1, 0.15) is 0 Å². The highest BCUT2D eigenvalue weighted by atomic mass is 79.9. The number of nitro groups is 1. The molecule has 0 amide bonds. The van der Waals surface area contributed by atoms with Crippen LogP contribution in [0, 0.1) is 15.9 Å². The molecule has 0 spiro atoms. The molecule has 0 bridgehead atoms. The Morgan fingerprint density at radius 1 is 1.57 bits per heavy atom. The highest BCUT2D eigenvalue weighted by Gasteiger charge is 2.27. The molecule has 1 aromatic rings. The minimum absolute atomic E-state index is 0.413. The molecule has 0 N–H and O–H groups in total. The maximum atomic E-state index is 13.0. The number of hydrogen-bond acceptors (Lipinski definition) is 3. The molecule has 4 nitrogen and oxygen atoms in total. The number of nitrogens with zero attached hydrogens (tertiary/aromatic N) is 2. The van der Waals surface area contributed by atoms with Crippen LogP contribution in [0.2, 0.25) is 0 Å². The monoisotopic (exact) mass is 270 g/mol. The van der Waals surface area contributed by atoms with Crippen molar-refractivity contribution in [1.29, 1.82) is 0 Å². The Labute approximate surface area is 84.0 Å². The van der Waals surface area contributed by atoms with Crippen LogP contribution >= 0.6 is 15.9 Å². The van der Waals surface area contributed by atoms with Gasteiger partial charge in [-0.1, -0.05) is 0 Å². The lowest BCUT2D eigenvalue weighted by molar-refractivity contribution is -0.388. The molecule has 0 unspecified atom stereocenters. The van der Waals surface area contributed by atoms with Gasteiger partial charge in [-0.3, -0.25) is 10.1 Å². The third kappa shape index (κ3) is 1.84. The van der Waals surface area contributed by atoms with Crippen molar-refractivity contribution >= 4 is 21.6 Å². The second kappa shape index (κ2) is 3.91. The SMILES string of the molecule is O=[N+]([O-])c1c(Br)ncc(C(F)F)c1F.